The van der Waals surface area contributed by atoms with E-state index in [4.69, 9.17) is 8.53 Å². The standard InChI is InChI=1S/C34H29NO/c1-22-21-35-31(28-15-10-14-27-26-13-8-9-16-32(26)36-33(27)28)20-29(22)25-18-17-24(19-30(25)34(2,3)4)23-11-6-5-7-12-23/h5-21H,1-4H3/i1D3. The number of hydrogen-bond acceptors (Lipinski definition) is 2. The number of para-hydroxylation sites is 2. The minimum atomic E-state index is -2.32. The molecule has 0 fully saturated rings. The highest BCUT2D eigenvalue weighted by molar-refractivity contribution is 6.09. The number of rotatable bonds is 3. The van der Waals surface area contributed by atoms with Crippen molar-refractivity contribution >= 4 is 21.9 Å². The fourth-order valence-electron chi connectivity index (χ4n) is 4.98. The van der Waals surface area contributed by atoms with Crippen LogP contribution in [0.2, 0.25) is 0 Å². The zero-order valence-electron chi connectivity index (χ0n) is 23.7. The first-order chi connectivity index (χ1) is 18.6. The molecule has 0 unspecified atom stereocenters. The number of furan rings is 1. The van der Waals surface area contributed by atoms with Gasteiger partial charge in [0.2, 0.25) is 0 Å². The molecule has 2 nitrogen and oxygen atoms in total. The van der Waals surface area contributed by atoms with Crippen LogP contribution in [0.1, 0.15) is 36.0 Å². The second-order valence-electron chi connectivity index (χ2n) is 10.3. The second-order valence-corrected chi connectivity index (χ2v) is 10.3. The van der Waals surface area contributed by atoms with Gasteiger partial charge in [-0.1, -0.05) is 99.6 Å². The maximum absolute atomic E-state index is 8.32. The lowest BCUT2D eigenvalue weighted by molar-refractivity contribution is 0.592. The van der Waals surface area contributed by atoms with E-state index in [1.165, 1.54) is 6.20 Å². The molecular weight excluding hydrogens is 438 g/mol. The first-order valence-corrected chi connectivity index (χ1v) is 12.2. The molecule has 0 N–H and O–H groups in total. The van der Waals surface area contributed by atoms with Crippen molar-refractivity contribution in [1.82, 2.24) is 4.98 Å². The van der Waals surface area contributed by atoms with Crippen LogP contribution in [-0.4, -0.2) is 4.98 Å². The van der Waals surface area contributed by atoms with E-state index >= 15 is 0 Å². The van der Waals surface area contributed by atoms with Crippen LogP contribution in [0, 0.1) is 6.85 Å². The number of aromatic nitrogens is 1. The van der Waals surface area contributed by atoms with E-state index in [9.17, 15) is 0 Å². The van der Waals surface area contributed by atoms with Gasteiger partial charge in [-0.25, -0.2) is 0 Å². The average Bonchev–Trinajstić information content (AvgIpc) is 3.31. The smallest absolute Gasteiger partial charge is 0.144 e. The van der Waals surface area contributed by atoms with Gasteiger partial charge in [-0.05, 0) is 63.8 Å². The molecule has 2 heteroatoms. The summed E-state index contributed by atoms with van der Waals surface area (Å²) in [7, 11) is 0. The average molecular weight is 471 g/mol. The Balaban J connectivity index is 1.60. The summed E-state index contributed by atoms with van der Waals surface area (Å²) in [6.07, 6.45) is 1.51. The van der Waals surface area contributed by atoms with Crippen LogP contribution in [0.15, 0.2) is 108 Å². The van der Waals surface area contributed by atoms with Crippen LogP contribution in [-0.2, 0) is 5.41 Å². The highest BCUT2D eigenvalue weighted by atomic mass is 16.3. The van der Waals surface area contributed by atoms with Crippen LogP contribution >= 0.6 is 0 Å². The van der Waals surface area contributed by atoms with Crippen LogP contribution in [0.3, 0.4) is 0 Å². The molecule has 0 saturated carbocycles. The van der Waals surface area contributed by atoms with Crippen molar-refractivity contribution in [2.24, 2.45) is 0 Å². The van der Waals surface area contributed by atoms with Gasteiger partial charge in [0.1, 0.15) is 11.2 Å². The molecule has 0 saturated heterocycles. The predicted octanol–water partition coefficient (Wildman–Crippen LogP) is 9.59. The first kappa shape index (κ1) is 19.1. The Morgan fingerprint density at radius 3 is 2.28 bits per heavy atom. The number of hydrogen-bond donors (Lipinski definition) is 0. The number of pyridine rings is 1. The second kappa shape index (κ2) is 8.49. The fraction of sp³-hybridized carbons (Fsp3) is 0.147. The van der Waals surface area contributed by atoms with Gasteiger partial charge in [0.25, 0.3) is 0 Å². The minimum Gasteiger partial charge on any atom is -0.455 e. The molecule has 36 heavy (non-hydrogen) atoms. The molecular formula is C34H29NO. The van der Waals surface area contributed by atoms with Gasteiger partial charge in [-0.15, -0.1) is 0 Å². The molecule has 0 bridgehead atoms. The molecule has 2 heterocycles. The lowest BCUT2D eigenvalue weighted by atomic mass is 9.79. The van der Waals surface area contributed by atoms with E-state index in [1.54, 1.807) is 0 Å². The quantitative estimate of drug-likeness (QED) is 0.257. The molecule has 0 spiro atoms. The number of aryl methyl sites for hydroxylation is 1. The minimum absolute atomic E-state index is 0.228. The van der Waals surface area contributed by atoms with Crippen molar-refractivity contribution in [3.8, 4) is 33.5 Å². The van der Waals surface area contributed by atoms with E-state index in [2.05, 4.69) is 56.1 Å². The summed E-state index contributed by atoms with van der Waals surface area (Å²) in [6.45, 7) is 4.16. The Labute approximate surface area is 216 Å². The number of benzene rings is 4. The summed E-state index contributed by atoms with van der Waals surface area (Å²) in [5.41, 5.74) is 7.93. The lowest BCUT2D eigenvalue weighted by Gasteiger charge is -2.25. The predicted molar refractivity (Wildman–Crippen MR) is 151 cm³/mol. The van der Waals surface area contributed by atoms with Gasteiger partial charge in [-0.2, -0.15) is 0 Å². The van der Waals surface area contributed by atoms with Crippen LogP contribution in [0.5, 0.6) is 0 Å². The summed E-state index contributed by atoms with van der Waals surface area (Å²) in [5, 5.41) is 2.05. The summed E-state index contributed by atoms with van der Waals surface area (Å²) in [6, 6.07) is 32.5. The van der Waals surface area contributed by atoms with Crippen molar-refractivity contribution in [2.75, 3.05) is 0 Å². The monoisotopic (exact) mass is 470 g/mol. The van der Waals surface area contributed by atoms with E-state index in [0.29, 0.717) is 11.3 Å². The van der Waals surface area contributed by atoms with Gasteiger partial charge >= 0.3 is 0 Å². The maximum Gasteiger partial charge on any atom is 0.144 e. The third-order valence-electron chi connectivity index (χ3n) is 6.81. The van der Waals surface area contributed by atoms with Crippen molar-refractivity contribution in [3.63, 3.8) is 0 Å². The Hall–Kier alpha value is -4.17. The Kier molecular flexibility index (Phi) is 4.50. The molecule has 4 aromatic carbocycles. The first-order valence-electron chi connectivity index (χ1n) is 13.7. The van der Waals surface area contributed by atoms with Crippen molar-refractivity contribution in [1.29, 1.82) is 0 Å². The highest BCUT2D eigenvalue weighted by Gasteiger charge is 2.22. The SMILES string of the molecule is [2H]C([2H])([2H])c1cnc(-c2cccc3c2oc2ccccc23)cc1-c1ccc(-c2ccccc2)cc1C(C)(C)C. The summed E-state index contributed by atoms with van der Waals surface area (Å²) in [5.74, 6) is 0. The third-order valence-corrected chi connectivity index (χ3v) is 6.81. The van der Waals surface area contributed by atoms with Gasteiger partial charge in [-0.3, -0.25) is 4.98 Å². The molecule has 0 aliphatic rings. The Bertz CT molecular complexity index is 1830. The highest BCUT2D eigenvalue weighted by Crippen LogP contribution is 2.40. The van der Waals surface area contributed by atoms with Crippen molar-refractivity contribution in [3.05, 3.63) is 114 Å². The van der Waals surface area contributed by atoms with Gasteiger partial charge in [0.05, 0.1) is 5.69 Å². The molecule has 0 atom stereocenters. The van der Waals surface area contributed by atoms with Gasteiger partial charge in [0, 0.05) is 26.6 Å². The van der Waals surface area contributed by atoms with Crippen molar-refractivity contribution < 1.29 is 8.53 Å². The topological polar surface area (TPSA) is 26.0 Å². The number of nitrogens with zero attached hydrogens (tertiary/aromatic N) is 1. The summed E-state index contributed by atoms with van der Waals surface area (Å²) < 4.78 is 31.2. The zero-order chi connectivity index (χ0) is 27.4. The lowest BCUT2D eigenvalue weighted by Crippen LogP contribution is -2.13. The van der Waals surface area contributed by atoms with Crippen LogP contribution < -0.4 is 0 Å². The van der Waals surface area contributed by atoms with Crippen LogP contribution in [0.25, 0.3) is 55.4 Å². The third kappa shape index (κ3) is 3.79. The largest absolute Gasteiger partial charge is 0.455 e. The van der Waals surface area contributed by atoms with E-state index < -0.39 is 6.85 Å². The molecule has 0 amide bonds. The fourth-order valence-corrected chi connectivity index (χ4v) is 4.98. The molecule has 0 aliphatic carbocycles. The van der Waals surface area contributed by atoms with E-state index in [-0.39, 0.29) is 11.0 Å². The molecule has 6 aromatic rings. The van der Waals surface area contributed by atoms with E-state index in [0.717, 1.165) is 49.8 Å². The summed E-state index contributed by atoms with van der Waals surface area (Å²) in [4.78, 5) is 4.66. The number of fused-ring (bicyclic) bond motifs is 3. The zero-order valence-corrected chi connectivity index (χ0v) is 20.7. The molecule has 176 valence electrons. The van der Waals surface area contributed by atoms with Gasteiger partial charge in [0.15, 0.2) is 0 Å². The molecule has 2 aromatic heterocycles. The summed E-state index contributed by atoms with van der Waals surface area (Å²) >= 11 is 0. The molecule has 0 radical (unpaired) electrons. The molecule has 0 aliphatic heterocycles. The molecule has 6 rings (SSSR count). The van der Waals surface area contributed by atoms with Gasteiger partial charge < -0.3 is 4.42 Å². The van der Waals surface area contributed by atoms with E-state index in [1.807, 2.05) is 66.7 Å². The van der Waals surface area contributed by atoms with Crippen molar-refractivity contribution in [2.45, 2.75) is 33.0 Å². The normalized spacial score (nSPS) is 13.5. The Morgan fingerprint density at radius 1 is 0.694 bits per heavy atom. The Morgan fingerprint density at radius 2 is 1.47 bits per heavy atom. The maximum atomic E-state index is 8.32. The van der Waals surface area contributed by atoms with Crippen LogP contribution in [0.4, 0.5) is 0 Å².